The zero-order chi connectivity index (χ0) is 19.4. The summed E-state index contributed by atoms with van der Waals surface area (Å²) in [6, 6.07) is 4.82. The molecule has 0 bridgehead atoms. The monoisotopic (exact) mass is 400 g/mol. The number of phenols is 1. The smallest absolute Gasteiger partial charge is 0.294 e. The standard InChI is InChI=1S/C14H12N2O8S2/c1-7-2-13(18)16(15-7)11-5-9(25(19,20)21)3-8-4-10(26(22,23)24)6-12(17)14(8)11/h2-6,17-18H,1H3,(H,19,20,21)(H,22,23,24). The third-order valence-electron chi connectivity index (χ3n) is 3.59. The first-order valence-electron chi connectivity index (χ1n) is 6.89. The number of fused-ring (bicyclic) bond motifs is 1. The molecule has 0 aliphatic carbocycles. The molecule has 0 radical (unpaired) electrons. The van der Waals surface area contributed by atoms with Gasteiger partial charge in [0, 0.05) is 17.5 Å². The predicted molar refractivity (Wildman–Crippen MR) is 88.8 cm³/mol. The summed E-state index contributed by atoms with van der Waals surface area (Å²) in [7, 11) is -9.40. The molecular formula is C14H12N2O8S2. The van der Waals surface area contributed by atoms with Crippen molar-refractivity contribution < 1.29 is 36.2 Å². The highest BCUT2D eigenvalue weighted by molar-refractivity contribution is 7.86. The molecule has 0 fully saturated rings. The zero-order valence-corrected chi connectivity index (χ0v) is 14.7. The van der Waals surface area contributed by atoms with Gasteiger partial charge in [0.2, 0.25) is 5.88 Å². The summed E-state index contributed by atoms with van der Waals surface area (Å²) in [5, 5.41) is 24.0. The maximum Gasteiger partial charge on any atom is 0.294 e. The molecular weight excluding hydrogens is 388 g/mol. The lowest BCUT2D eigenvalue weighted by atomic mass is 10.1. The highest BCUT2D eigenvalue weighted by Crippen LogP contribution is 2.36. The van der Waals surface area contributed by atoms with Crippen LogP contribution >= 0.6 is 0 Å². The second-order valence-electron chi connectivity index (χ2n) is 5.49. The number of hydrogen-bond acceptors (Lipinski definition) is 7. The molecule has 0 unspecified atom stereocenters. The first-order valence-corrected chi connectivity index (χ1v) is 9.77. The Bertz CT molecular complexity index is 1250. The van der Waals surface area contributed by atoms with E-state index in [9.17, 15) is 36.2 Å². The summed E-state index contributed by atoms with van der Waals surface area (Å²) in [5.74, 6) is -0.992. The lowest BCUT2D eigenvalue weighted by molar-refractivity contribution is 0.433. The van der Waals surface area contributed by atoms with Crippen LogP contribution in [0.2, 0.25) is 0 Å². The van der Waals surface area contributed by atoms with Crippen molar-refractivity contribution in [1.82, 2.24) is 9.78 Å². The van der Waals surface area contributed by atoms with Crippen LogP contribution < -0.4 is 0 Å². The number of aromatic nitrogens is 2. The molecule has 3 aromatic rings. The number of phenolic OH excluding ortho intramolecular Hbond substituents is 1. The maximum absolute atomic E-state index is 11.6. The Morgan fingerprint density at radius 1 is 0.885 bits per heavy atom. The summed E-state index contributed by atoms with van der Waals surface area (Å²) >= 11 is 0. The van der Waals surface area contributed by atoms with Crippen molar-refractivity contribution in [3.8, 4) is 17.3 Å². The van der Waals surface area contributed by atoms with Crippen LogP contribution in [-0.4, -0.2) is 45.9 Å². The van der Waals surface area contributed by atoms with E-state index in [0.29, 0.717) is 5.69 Å². The van der Waals surface area contributed by atoms with Crippen LogP contribution in [-0.2, 0) is 20.2 Å². The fourth-order valence-electron chi connectivity index (χ4n) is 2.54. The fourth-order valence-corrected chi connectivity index (χ4v) is 3.62. The van der Waals surface area contributed by atoms with E-state index >= 15 is 0 Å². The van der Waals surface area contributed by atoms with Crippen molar-refractivity contribution in [2.75, 3.05) is 0 Å². The molecule has 0 atom stereocenters. The molecule has 10 nitrogen and oxygen atoms in total. The second-order valence-corrected chi connectivity index (χ2v) is 8.33. The molecule has 0 amide bonds. The van der Waals surface area contributed by atoms with Gasteiger partial charge in [-0.1, -0.05) is 0 Å². The molecule has 12 heteroatoms. The SMILES string of the molecule is Cc1cc(O)n(-c2cc(S(=O)(=O)O)cc3cc(S(=O)(=O)O)cc(O)c23)n1. The molecule has 0 saturated carbocycles. The van der Waals surface area contributed by atoms with Gasteiger partial charge in [-0.2, -0.15) is 21.9 Å². The molecule has 1 heterocycles. The van der Waals surface area contributed by atoms with Gasteiger partial charge < -0.3 is 10.2 Å². The van der Waals surface area contributed by atoms with Gasteiger partial charge in [0.25, 0.3) is 20.2 Å². The second kappa shape index (κ2) is 5.67. The van der Waals surface area contributed by atoms with Crippen LogP contribution in [0.4, 0.5) is 0 Å². The lowest BCUT2D eigenvalue weighted by Crippen LogP contribution is -2.04. The normalized spacial score (nSPS) is 12.6. The number of hydrogen-bond donors (Lipinski definition) is 4. The van der Waals surface area contributed by atoms with Crippen LogP contribution in [0.5, 0.6) is 11.6 Å². The number of aromatic hydroxyl groups is 2. The van der Waals surface area contributed by atoms with E-state index in [1.807, 2.05) is 0 Å². The summed E-state index contributed by atoms with van der Waals surface area (Å²) in [4.78, 5) is -1.30. The summed E-state index contributed by atoms with van der Waals surface area (Å²) in [5.41, 5.74) is 0.252. The molecule has 0 aliphatic heterocycles. The van der Waals surface area contributed by atoms with E-state index in [1.165, 1.54) is 6.07 Å². The van der Waals surface area contributed by atoms with Gasteiger partial charge in [-0.3, -0.25) is 9.11 Å². The van der Waals surface area contributed by atoms with Gasteiger partial charge in [0.15, 0.2) is 0 Å². The number of rotatable bonds is 3. The highest BCUT2D eigenvalue weighted by atomic mass is 32.2. The van der Waals surface area contributed by atoms with Crippen LogP contribution in [0.1, 0.15) is 5.69 Å². The summed E-state index contributed by atoms with van der Waals surface area (Å²) < 4.78 is 65.2. The molecule has 0 saturated heterocycles. The molecule has 2 aromatic carbocycles. The van der Waals surface area contributed by atoms with Crippen molar-refractivity contribution in [2.24, 2.45) is 0 Å². The topological polar surface area (TPSA) is 167 Å². The van der Waals surface area contributed by atoms with E-state index < -0.39 is 35.8 Å². The fraction of sp³-hybridized carbons (Fsp3) is 0.0714. The average Bonchev–Trinajstić information content (AvgIpc) is 2.82. The first kappa shape index (κ1) is 18.1. The van der Waals surface area contributed by atoms with Crippen LogP contribution in [0.25, 0.3) is 16.5 Å². The molecule has 0 spiro atoms. The van der Waals surface area contributed by atoms with Crippen LogP contribution in [0.15, 0.2) is 40.1 Å². The number of benzene rings is 2. The van der Waals surface area contributed by atoms with Crippen molar-refractivity contribution in [1.29, 1.82) is 0 Å². The molecule has 26 heavy (non-hydrogen) atoms. The Labute approximate surface area is 147 Å². The third-order valence-corrected chi connectivity index (χ3v) is 5.25. The van der Waals surface area contributed by atoms with Crippen LogP contribution in [0.3, 0.4) is 0 Å². The average molecular weight is 400 g/mol. The Kier molecular flexibility index (Phi) is 3.95. The minimum Gasteiger partial charge on any atom is -0.507 e. The van der Waals surface area contributed by atoms with Crippen molar-refractivity contribution >= 4 is 31.0 Å². The Morgan fingerprint density at radius 3 is 1.88 bits per heavy atom. The zero-order valence-electron chi connectivity index (χ0n) is 13.0. The summed E-state index contributed by atoms with van der Waals surface area (Å²) in [6.07, 6.45) is 0. The minimum atomic E-state index is -4.71. The number of nitrogens with zero attached hydrogens (tertiary/aromatic N) is 2. The quantitative estimate of drug-likeness (QED) is 0.473. The Morgan fingerprint density at radius 2 is 1.42 bits per heavy atom. The molecule has 4 N–H and O–H groups in total. The van der Waals surface area contributed by atoms with E-state index in [0.717, 1.165) is 28.9 Å². The van der Waals surface area contributed by atoms with Gasteiger partial charge in [-0.25, -0.2) is 4.68 Å². The van der Waals surface area contributed by atoms with E-state index in [4.69, 9.17) is 0 Å². The Hall–Kier alpha value is -2.67. The van der Waals surface area contributed by atoms with Crippen molar-refractivity contribution in [3.63, 3.8) is 0 Å². The van der Waals surface area contributed by atoms with Gasteiger partial charge in [0.1, 0.15) is 5.75 Å². The van der Waals surface area contributed by atoms with Gasteiger partial charge in [0.05, 0.1) is 21.2 Å². The third kappa shape index (κ3) is 3.10. The molecule has 138 valence electrons. The Balaban J connectivity index is 2.52. The molecule has 3 rings (SSSR count). The molecule has 0 aliphatic rings. The van der Waals surface area contributed by atoms with E-state index in [2.05, 4.69) is 5.10 Å². The van der Waals surface area contributed by atoms with E-state index in [1.54, 1.807) is 6.92 Å². The number of aryl methyl sites for hydroxylation is 1. The van der Waals surface area contributed by atoms with Crippen molar-refractivity contribution in [3.05, 3.63) is 36.0 Å². The first-order chi connectivity index (χ1) is 11.9. The van der Waals surface area contributed by atoms with Gasteiger partial charge >= 0.3 is 0 Å². The van der Waals surface area contributed by atoms with Gasteiger partial charge in [-0.05, 0) is 30.5 Å². The van der Waals surface area contributed by atoms with Crippen molar-refractivity contribution in [2.45, 2.75) is 16.7 Å². The maximum atomic E-state index is 11.6. The largest absolute Gasteiger partial charge is 0.507 e. The highest BCUT2D eigenvalue weighted by Gasteiger charge is 2.21. The van der Waals surface area contributed by atoms with Gasteiger partial charge in [-0.15, -0.1) is 0 Å². The van der Waals surface area contributed by atoms with E-state index in [-0.39, 0.29) is 22.3 Å². The minimum absolute atomic E-state index is 0.0526. The molecule has 1 aromatic heterocycles. The lowest BCUT2D eigenvalue weighted by Gasteiger charge is -2.12. The van der Waals surface area contributed by atoms with Crippen LogP contribution in [0, 0.1) is 6.92 Å². The summed E-state index contributed by atoms with van der Waals surface area (Å²) in [6.45, 7) is 1.56. The predicted octanol–water partition coefficient (Wildman–Crippen LogP) is 1.24.